The van der Waals surface area contributed by atoms with Gasteiger partial charge in [-0.2, -0.15) is 0 Å². The van der Waals surface area contributed by atoms with Crippen molar-refractivity contribution in [1.29, 1.82) is 0 Å². The van der Waals surface area contributed by atoms with E-state index >= 15 is 0 Å². The topological polar surface area (TPSA) is 56.0 Å². The van der Waals surface area contributed by atoms with Gasteiger partial charge in [0.15, 0.2) is 0 Å². The first-order valence-electron chi connectivity index (χ1n) is 9.11. The molecule has 1 N–H and O–H groups in total. The molecule has 0 saturated heterocycles. The van der Waals surface area contributed by atoms with Gasteiger partial charge in [0.05, 0.1) is 0 Å². The van der Waals surface area contributed by atoms with Crippen molar-refractivity contribution in [2.45, 2.75) is 6.54 Å². The van der Waals surface area contributed by atoms with Crippen molar-refractivity contribution in [3.05, 3.63) is 93.0 Å². The summed E-state index contributed by atoms with van der Waals surface area (Å²) in [6, 6.07) is 22.9. The van der Waals surface area contributed by atoms with E-state index in [-0.39, 0.29) is 21.0 Å². The minimum absolute atomic E-state index is 0.0780. The van der Waals surface area contributed by atoms with E-state index in [0.717, 1.165) is 31.3 Å². The number of carbonyl (C=O) groups excluding carboxylic acids is 1. The molecule has 1 aromatic heterocycles. The van der Waals surface area contributed by atoms with E-state index in [1.807, 2.05) is 72.8 Å². The van der Waals surface area contributed by atoms with Crippen LogP contribution in [0.4, 0.5) is 5.69 Å². The number of benzene rings is 3. The number of carbonyl (C=O) groups is 1. The molecule has 0 aliphatic carbocycles. The Morgan fingerprint density at radius 1 is 1.00 bits per heavy atom. The number of nitrogens with one attached hydrogen (secondary N) is 1. The summed E-state index contributed by atoms with van der Waals surface area (Å²) in [5, 5.41) is 16.1. The Morgan fingerprint density at radius 2 is 1.77 bits per heavy atom. The van der Waals surface area contributed by atoms with Crippen LogP contribution in [0.5, 0.6) is 0 Å². The molecule has 0 saturated carbocycles. The number of fused-ring (bicyclic) bond motifs is 1. The van der Waals surface area contributed by atoms with Gasteiger partial charge in [-0.3, -0.25) is 0 Å². The maximum atomic E-state index is 11.4. The molecular weight excluding hydrogens is 486 g/mol. The number of halogens is 2. The van der Waals surface area contributed by atoms with Crippen molar-refractivity contribution < 1.29 is 14.5 Å². The molecule has 150 valence electrons. The molecule has 3 aromatic carbocycles. The molecule has 0 fully saturated rings. The first-order chi connectivity index (χ1) is 14.5. The molecule has 4 aromatic rings. The van der Waals surface area contributed by atoms with Crippen molar-refractivity contribution in [2.24, 2.45) is 0 Å². The maximum absolute atomic E-state index is 11.4. The van der Waals surface area contributed by atoms with Crippen LogP contribution in [-0.4, -0.2) is 20.5 Å². The molecule has 0 amide bonds. The number of carboxylic acid groups (broad SMARTS) is 1. The number of rotatable bonds is 6. The molecule has 0 aliphatic heterocycles. The van der Waals surface area contributed by atoms with Crippen LogP contribution < -0.4 is 15.0 Å². The third-order valence-electron chi connectivity index (χ3n) is 4.44. The summed E-state index contributed by atoms with van der Waals surface area (Å²) in [6.45, 7) is -0.236. The number of hydrogen-bond donors (Lipinski definition) is 1. The predicted molar refractivity (Wildman–Crippen MR) is 120 cm³/mol. The first-order valence-corrected chi connectivity index (χ1v) is 11.6. The molecule has 4 nitrogen and oxygen atoms in total. The number of nitrogens with zero attached hydrogens (tertiary/aromatic N) is 1. The number of aromatic nitrogens is 1. The van der Waals surface area contributed by atoms with Crippen molar-refractivity contribution >= 4 is 70.9 Å². The molecule has 0 spiro atoms. The van der Waals surface area contributed by atoms with Gasteiger partial charge in [-0.15, -0.1) is 0 Å². The first kappa shape index (κ1) is 20.7. The van der Waals surface area contributed by atoms with Crippen LogP contribution in [0.2, 0.25) is 10.0 Å². The Balaban J connectivity index is 1.87. The molecule has 30 heavy (non-hydrogen) atoms. The van der Waals surface area contributed by atoms with Crippen molar-refractivity contribution in [3.8, 4) is 0 Å². The van der Waals surface area contributed by atoms with Crippen LogP contribution in [-0.2, 0) is 11.3 Å². The van der Waals surface area contributed by atoms with E-state index in [1.54, 1.807) is 10.6 Å². The summed E-state index contributed by atoms with van der Waals surface area (Å²) in [7, 11) is 0. The van der Waals surface area contributed by atoms with E-state index in [0.29, 0.717) is 10.0 Å². The van der Waals surface area contributed by atoms with Crippen LogP contribution in [0.15, 0.2) is 72.8 Å². The molecule has 7 heteroatoms. The molecular formula is C23H16Cl2N2O2Se. The third-order valence-corrected chi connectivity index (χ3v) is 7.24. The van der Waals surface area contributed by atoms with Gasteiger partial charge in [0.1, 0.15) is 0 Å². The SMILES string of the molecule is O=C([O-])C[n+]1c(/C=C(/Nc2cccc(Cl)c2)c2ccccc2)[se]c2ccc(Cl)cc21. The minimum atomic E-state index is -1.14. The number of hydrogen-bond acceptors (Lipinski definition) is 3. The Bertz CT molecular complexity index is 1250. The Hall–Kier alpha value is -2.56. The second-order valence-corrected chi connectivity index (χ2v) is 9.67. The normalized spacial score (nSPS) is 11.6. The van der Waals surface area contributed by atoms with Gasteiger partial charge in [0.2, 0.25) is 0 Å². The monoisotopic (exact) mass is 502 g/mol. The molecule has 0 aliphatic rings. The molecule has 0 atom stereocenters. The number of carboxylic acids is 1. The second kappa shape index (κ2) is 9.07. The quantitative estimate of drug-likeness (QED) is 0.322. The Morgan fingerprint density at radius 3 is 2.50 bits per heavy atom. The van der Waals surface area contributed by atoms with Crippen LogP contribution in [0.1, 0.15) is 10.1 Å². The van der Waals surface area contributed by atoms with Crippen molar-refractivity contribution in [1.82, 2.24) is 0 Å². The molecule has 0 unspecified atom stereocenters. The van der Waals surface area contributed by atoms with E-state index < -0.39 is 5.97 Å². The van der Waals surface area contributed by atoms with Crippen molar-refractivity contribution in [2.75, 3.05) is 5.32 Å². The zero-order valence-electron chi connectivity index (χ0n) is 15.6. The summed E-state index contributed by atoms with van der Waals surface area (Å²) in [4.78, 5) is 11.4. The third kappa shape index (κ3) is 4.77. The standard InChI is InChI=1S/C23H16Cl2N2O2Se/c24-16-7-4-8-18(11-16)26-19(15-5-2-1-3-6-15)13-22-27(14-23(28)29)20-12-17(25)9-10-21(20)30-22/h1-13H,14H2,(H,28,29). The average molecular weight is 502 g/mol. The fraction of sp³-hybridized carbons (Fsp3) is 0.0435. The van der Waals surface area contributed by atoms with Crippen LogP contribution >= 0.6 is 23.2 Å². The van der Waals surface area contributed by atoms with E-state index in [4.69, 9.17) is 23.2 Å². The van der Waals surface area contributed by atoms with E-state index in [2.05, 4.69) is 5.32 Å². The number of anilines is 1. The molecule has 4 rings (SSSR count). The summed E-state index contributed by atoms with van der Waals surface area (Å²) >= 11 is 12.2. The second-order valence-electron chi connectivity index (χ2n) is 6.57. The van der Waals surface area contributed by atoms with Gasteiger partial charge in [-0.05, 0) is 0 Å². The summed E-state index contributed by atoms with van der Waals surface area (Å²) < 4.78 is 3.74. The predicted octanol–water partition coefficient (Wildman–Crippen LogP) is 3.85. The van der Waals surface area contributed by atoms with E-state index in [9.17, 15) is 9.90 Å². The van der Waals surface area contributed by atoms with Crippen molar-refractivity contribution in [3.63, 3.8) is 0 Å². The molecule has 1 heterocycles. The van der Waals surface area contributed by atoms with E-state index in [1.165, 1.54) is 0 Å². The Kier molecular flexibility index (Phi) is 6.26. The van der Waals surface area contributed by atoms with Gasteiger partial charge >= 0.3 is 190 Å². The summed E-state index contributed by atoms with van der Waals surface area (Å²) in [5.74, 6) is -1.14. The average Bonchev–Trinajstić information content (AvgIpc) is 3.04. The fourth-order valence-corrected chi connectivity index (χ4v) is 5.76. The fourth-order valence-electron chi connectivity index (χ4n) is 3.13. The van der Waals surface area contributed by atoms with Crippen LogP contribution in [0.3, 0.4) is 0 Å². The van der Waals surface area contributed by atoms with Gasteiger partial charge < -0.3 is 0 Å². The molecule has 0 radical (unpaired) electrons. The van der Waals surface area contributed by atoms with Gasteiger partial charge in [-0.1, -0.05) is 0 Å². The van der Waals surface area contributed by atoms with Crippen LogP contribution in [0.25, 0.3) is 21.5 Å². The molecule has 0 bridgehead atoms. The van der Waals surface area contributed by atoms with Gasteiger partial charge in [0, 0.05) is 0 Å². The summed E-state index contributed by atoms with van der Waals surface area (Å²) in [5.41, 5.74) is 3.48. The Labute approximate surface area is 189 Å². The zero-order valence-corrected chi connectivity index (χ0v) is 18.9. The van der Waals surface area contributed by atoms with Gasteiger partial charge in [0.25, 0.3) is 0 Å². The zero-order chi connectivity index (χ0) is 21.1. The summed E-state index contributed by atoms with van der Waals surface area (Å²) in [6.07, 6.45) is 1.99. The van der Waals surface area contributed by atoms with Gasteiger partial charge in [-0.25, -0.2) is 0 Å². The van der Waals surface area contributed by atoms with Crippen LogP contribution in [0, 0.1) is 0 Å². The number of aliphatic carboxylic acids is 1.